The molecular formula is C19H25N3O5S. The summed E-state index contributed by atoms with van der Waals surface area (Å²) in [7, 11) is 4.63. The summed E-state index contributed by atoms with van der Waals surface area (Å²) in [5.41, 5.74) is 0.643. The zero-order chi connectivity index (χ0) is 20.1. The van der Waals surface area contributed by atoms with Crippen molar-refractivity contribution in [2.45, 2.75) is 37.5 Å². The van der Waals surface area contributed by atoms with Gasteiger partial charge in [-0.1, -0.05) is 11.8 Å². The van der Waals surface area contributed by atoms with Crippen molar-refractivity contribution in [3.8, 4) is 28.7 Å². The lowest BCUT2D eigenvalue weighted by Crippen LogP contribution is -2.42. The van der Waals surface area contributed by atoms with Crippen molar-refractivity contribution in [2.24, 2.45) is 0 Å². The van der Waals surface area contributed by atoms with Crippen LogP contribution in [0.4, 0.5) is 0 Å². The van der Waals surface area contributed by atoms with Crippen molar-refractivity contribution < 1.29 is 23.4 Å². The second-order valence-corrected chi connectivity index (χ2v) is 7.43. The average Bonchev–Trinajstić information content (AvgIpc) is 3.20. The SMILES string of the molecule is COc1cc(-c2nnc(SCC(=O)N3CCCC[C@H]3C)o2)cc(OC)c1OC. The first-order valence-electron chi connectivity index (χ1n) is 9.13. The van der Waals surface area contributed by atoms with E-state index in [9.17, 15) is 4.79 Å². The van der Waals surface area contributed by atoms with E-state index in [-0.39, 0.29) is 11.7 Å². The number of nitrogens with zero attached hydrogens (tertiary/aromatic N) is 3. The number of aromatic nitrogens is 2. The van der Waals surface area contributed by atoms with Gasteiger partial charge in [0.15, 0.2) is 11.5 Å². The molecule has 0 bridgehead atoms. The van der Waals surface area contributed by atoms with E-state index in [1.807, 2.05) is 4.90 Å². The predicted octanol–water partition coefficient (Wildman–Crippen LogP) is 3.26. The standard InChI is InChI=1S/C19H25N3O5S/c1-12-7-5-6-8-22(12)16(23)11-28-19-21-20-18(27-19)13-9-14(24-2)17(26-4)15(10-13)25-3/h9-10,12H,5-8,11H2,1-4H3/t12-/m1/s1. The van der Waals surface area contributed by atoms with Gasteiger partial charge in [-0.3, -0.25) is 4.79 Å². The van der Waals surface area contributed by atoms with Crippen molar-refractivity contribution in [2.75, 3.05) is 33.6 Å². The molecule has 2 heterocycles. The number of hydrogen-bond donors (Lipinski definition) is 0. The first-order chi connectivity index (χ1) is 13.6. The lowest BCUT2D eigenvalue weighted by Gasteiger charge is -2.33. The molecule has 3 rings (SSSR count). The Hall–Kier alpha value is -2.42. The minimum atomic E-state index is 0.102. The van der Waals surface area contributed by atoms with E-state index in [0.717, 1.165) is 19.4 Å². The maximum atomic E-state index is 12.5. The van der Waals surface area contributed by atoms with Crippen LogP contribution in [0, 0.1) is 0 Å². The summed E-state index contributed by atoms with van der Waals surface area (Å²) in [5.74, 6) is 2.19. The van der Waals surface area contributed by atoms with Gasteiger partial charge in [-0.05, 0) is 38.3 Å². The van der Waals surface area contributed by atoms with Crippen LogP contribution in [0.15, 0.2) is 21.8 Å². The molecule has 0 radical (unpaired) electrons. The van der Waals surface area contributed by atoms with E-state index < -0.39 is 0 Å². The van der Waals surface area contributed by atoms with E-state index in [1.54, 1.807) is 33.5 Å². The number of thioether (sulfide) groups is 1. The maximum absolute atomic E-state index is 12.5. The van der Waals surface area contributed by atoms with Crippen LogP contribution in [-0.2, 0) is 4.79 Å². The Bertz CT molecular complexity index is 801. The Labute approximate surface area is 168 Å². The summed E-state index contributed by atoms with van der Waals surface area (Å²) in [6.07, 6.45) is 3.30. The van der Waals surface area contributed by atoms with Crippen LogP contribution in [0.2, 0.25) is 0 Å². The Kier molecular flexibility index (Phi) is 6.66. The number of carbonyl (C=O) groups is 1. The van der Waals surface area contributed by atoms with E-state index in [1.165, 1.54) is 18.2 Å². The van der Waals surface area contributed by atoms with Gasteiger partial charge in [-0.15, -0.1) is 10.2 Å². The zero-order valence-electron chi connectivity index (χ0n) is 16.6. The monoisotopic (exact) mass is 407 g/mol. The van der Waals surface area contributed by atoms with Crippen LogP contribution >= 0.6 is 11.8 Å². The van der Waals surface area contributed by atoms with Gasteiger partial charge in [0.1, 0.15) is 0 Å². The molecule has 28 heavy (non-hydrogen) atoms. The molecule has 0 aliphatic carbocycles. The van der Waals surface area contributed by atoms with Gasteiger partial charge in [0, 0.05) is 18.2 Å². The molecular weight excluding hydrogens is 382 g/mol. The van der Waals surface area contributed by atoms with E-state index in [2.05, 4.69) is 17.1 Å². The Morgan fingerprint density at radius 1 is 1.18 bits per heavy atom. The topological polar surface area (TPSA) is 86.9 Å². The molecule has 1 aliphatic rings. The number of ether oxygens (including phenoxy) is 3. The number of hydrogen-bond acceptors (Lipinski definition) is 8. The molecule has 0 N–H and O–H groups in total. The normalized spacial score (nSPS) is 16.7. The van der Waals surface area contributed by atoms with Crippen LogP contribution in [0.25, 0.3) is 11.5 Å². The van der Waals surface area contributed by atoms with Crippen molar-refractivity contribution in [3.63, 3.8) is 0 Å². The molecule has 1 aromatic carbocycles. The molecule has 8 nitrogen and oxygen atoms in total. The van der Waals surface area contributed by atoms with Gasteiger partial charge in [0.25, 0.3) is 5.22 Å². The maximum Gasteiger partial charge on any atom is 0.277 e. The summed E-state index contributed by atoms with van der Waals surface area (Å²) >= 11 is 1.25. The van der Waals surface area contributed by atoms with E-state index >= 15 is 0 Å². The number of piperidine rings is 1. The minimum absolute atomic E-state index is 0.102. The number of methoxy groups -OCH3 is 3. The van der Waals surface area contributed by atoms with Gasteiger partial charge in [-0.25, -0.2) is 0 Å². The summed E-state index contributed by atoms with van der Waals surface area (Å²) in [6.45, 7) is 2.91. The first-order valence-corrected chi connectivity index (χ1v) is 10.1. The van der Waals surface area contributed by atoms with Gasteiger partial charge < -0.3 is 23.5 Å². The number of carbonyl (C=O) groups excluding carboxylic acids is 1. The fraction of sp³-hybridized carbons (Fsp3) is 0.526. The second-order valence-electron chi connectivity index (χ2n) is 6.51. The highest BCUT2D eigenvalue weighted by atomic mass is 32.2. The lowest BCUT2D eigenvalue weighted by molar-refractivity contribution is -0.131. The van der Waals surface area contributed by atoms with Crippen molar-refractivity contribution >= 4 is 17.7 Å². The van der Waals surface area contributed by atoms with Crippen LogP contribution in [-0.4, -0.2) is 60.7 Å². The summed E-state index contributed by atoms with van der Waals surface area (Å²) in [4.78, 5) is 14.4. The lowest BCUT2D eigenvalue weighted by atomic mass is 10.0. The first kappa shape index (κ1) is 20.3. The van der Waals surface area contributed by atoms with Crippen molar-refractivity contribution in [3.05, 3.63) is 12.1 Å². The van der Waals surface area contributed by atoms with Gasteiger partial charge in [-0.2, -0.15) is 0 Å². The Morgan fingerprint density at radius 3 is 2.50 bits per heavy atom. The molecule has 1 saturated heterocycles. The van der Waals surface area contributed by atoms with Crippen molar-refractivity contribution in [1.29, 1.82) is 0 Å². The Morgan fingerprint density at radius 2 is 1.89 bits per heavy atom. The molecule has 1 fully saturated rings. The van der Waals surface area contributed by atoms with Gasteiger partial charge >= 0.3 is 0 Å². The largest absolute Gasteiger partial charge is 0.493 e. The van der Waals surface area contributed by atoms with Crippen LogP contribution in [0.5, 0.6) is 17.2 Å². The molecule has 0 spiro atoms. The average molecular weight is 407 g/mol. The van der Waals surface area contributed by atoms with Crippen LogP contribution in [0.3, 0.4) is 0 Å². The molecule has 1 aliphatic heterocycles. The number of rotatable bonds is 7. The van der Waals surface area contributed by atoms with Crippen LogP contribution in [0.1, 0.15) is 26.2 Å². The number of amides is 1. The fourth-order valence-electron chi connectivity index (χ4n) is 3.26. The highest BCUT2D eigenvalue weighted by Crippen LogP contribution is 2.41. The number of likely N-dealkylation sites (tertiary alicyclic amines) is 1. The molecule has 1 amide bonds. The second kappa shape index (κ2) is 9.18. The molecule has 1 aromatic heterocycles. The number of benzene rings is 1. The quantitative estimate of drug-likeness (QED) is 0.647. The molecule has 9 heteroatoms. The zero-order valence-corrected chi connectivity index (χ0v) is 17.4. The molecule has 1 atom stereocenters. The summed E-state index contributed by atoms with van der Waals surface area (Å²) < 4.78 is 21.8. The highest BCUT2D eigenvalue weighted by Gasteiger charge is 2.24. The predicted molar refractivity (Wildman–Crippen MR) is 105 cm³/mol. The third-order valence-electron chi connectivity index (χ3n) is 4.76. The molecule has 152 valence electrons. The van der Waals surface area contributed by atoms with Gasteiger partial charge in [0.05, 0.1) is 27.1 Å². The highest BCUT2D eigenvalue weighted by molar-refractivity contribution is 7.99. The summed E-state index contributed by atoms with van der Waals surface area (Å²) in [5, 5.41) is 8.48. The fourth-order valence-corrected chi connectivity index (χ4v) is 3.91. The van der Waals surface area contributed by atoms with Crippen LogP contribution < -0.4 is 14.2 Å². The van der Waals surface area contributed by atoms with E-state index in [0.29, 0.717) is 40.0 Å². The molecule has 0 saturated carbocycles. The summed E-state index contributed by atoms with van der Waals surface area (Å²) in [6, 6.07) is 3.77. The minimum Gasteiger partial charge on any atom is -0.493 e. The van der Waals surface area contributed by atoms with Crippen molar-refractivity contribution in [1.82, 2.24) is 15.1 Å². The molecule has 0 unspecified atom stereocenters. The third kappa shape index (κ3) is 4.35. The Balaban J connectivity index is 1.71. The molecule has 2 aromatic rings. The smallest absolute Gasteiger partial charge is 0.277 e. The van der Waals surface area contributed by atoms with E-state index in [4.69, 9.17) is 18.6 Å². The van der Waals surface area contributed by atoms with Gasteiger partial charge in [0.2, 0.25) is 17.5 Å². The third-order valence-corrected chi connectivity index (χ3v) is 5.56.